The van der Waals surface area contributed by atoms with Gasteiger partial charge in [-0.2, -0.15) is 17.7 Å². The molecule has 2 heterocycles. The standard InChI is InChI=1S/C27H32FN7OS/c1-4-7-21-14-25(27(36)29-20(16-37)12-17(2)3)32-35(21)15-19-11-10-18(13-24(19)28)22-8-5-6-9-23(22)26-30-33-34-31-26/h5-6,8-11,13-14,17,20,37H,4,7,12,15-16H2,1-3H3,(H,29,36)(H,30,31,33,34)/t20-/m1/s1. The van der Waals surface area contributed by atoms with Gasteiger partial charge in [0, 0.05) is 28.6 Å². The number of aromatic amines is 1. The fourth-order valence-corrected chi connectivity index (χ4v) is 4.63. The van der Waals surface area contributed by atoms with Crippen molar-refractivity contribution in [3.8, 4) is 22.5 Å². The molecule has 4 aromatic rings. The molecule has 2 N–H and O–H groups in total. The van der Waals surface area contributed by atoms with Crippen molar-refractivity contribution in [2.24, 2.45) is 5.92 Å². The summed E-state index contributed by atoms with van der Waals surface area (Å²) in [7, 11) is 0. The third-order valence-electron chi connectivity index (χ3n) is 6.13. The number of hydrogen-bond donors (Lipinski definition) is 3. The summed E-state index contributed by atoms with van der Waals surface area (Å²) in [5, 5.41) is 21.6. The van der Waals surface area contributed by atoms with E-state index < -0.39 is 0 Å². The normalized spacial score (nSPS) is 12.2. The molecule has 1 amide bonds. The number of amides is 1. The van der Waals surface area contributed by atoms with E-state index >= 15 is 4.39 Å². The summed E-state index contributed by atoms with van der Waals surface area (Å²) in [5.41, 5.74) is 4.03. The SMILES string of the molecule is CCCc1cc(C(=O)N[C@@H](CS)CC(C)C)nn1Cc1ccc(-c2ccccc2-c2nnn[nH]2)cc1F. The Morgan fingerprint density at radius 2 is 1.95 bits per heavy atom. The van der Waals surface area contributed by atoms with Gasteiger partial charge in [-0.1, -0.05) is 63.6 Å². The van der Waals surface area contributed by atoms with E-state index in [1.807, 2.05) is 30.3 Å². The van der Waals surface area contributed by atoms with Crippen LogP contribution in [0.5, 0.6) is 0 Å². The van der Waals surface area contributed by atoms with Gasteiger partial charge in [0.05, 0.1) is 6.54 Å². The molecule has 0 aliphatic rings. The highest BCUT2D eigenvalue weighted by molar-refractivity contribution is 7.80. The topological polar surface area (TPSA) is 101 Å². The van der Waals surface area contributed by atoms with Gasteiger partial charge in [0.25, 0.3) is 5.91 Å². The van der Waals surface area contributed by atoms with Crippen molar-refractivity contribution in [2.45, 2.75) is 52.6 Å². The van der Waals surface area contributed by atoms with Crippen LogP contribution in [0.3, 0.4) is 0 Å². The minimum atomic E-state index is -0.348. The number of rotatable bonds is 11. The Morgan fingerprint density at radius 1 is 1.16 bits per heavy atom. The number of H-pyrrole nitrogens is 1. The minimum absolute atomic E-state index is 0.0313. The molecule has 0 radical (unpaired) electrons. The number of tetrazole rings is 1. The second kappa shape index (κ2) is 12.1. The van der Waals surface area contributed by atoms with Crippen LogP contribution in [-0.2, 0) is 13.0 Å². The lowest BCUT2D eigenvalue weighted by Crippen LogP contribution is -2.37. The Labute approximate surface area is 221 Å². The van der Waals surface area contributed by atoms with Gasteiger partial charge in [0.2, 0.25) is 0 Å². The molecule has 1 atom stereocenters. The first-order valence-electron chi connectivity index (χ1n) is 12.5. The highest BCUT2D eigenvalue weighted by atomic mass is 32.1. The summed E-state index contributed by atoms with van der Waals surface area (Å²) in [6.07, 6.45) is 2.46. The maximum atomic E-state index is 15.3. The average Bonchev–Trinajstić information content (AvgIpc) is 3.55. The molecule has 8 nitrogen and oxygen atoms in total. The molecule has 2 aromatic carbocycles. The van der Waals surface area contributed by atoms with Gasteiger partial charge in [0.15, 0.2) is 5.82 Å². The molecule has 0 fully saturated rings. The summed E-state index contributed by atoms with van der Waals surface area (Å²) in [5.74, 6) is 0.931. The van der Waals surface area contributed by atoms with Gasteiger partial charge in [-0.15, -0.1) is 5.10 Å². The number of nitrogens with one attached hydrogen (secondary N) is 2. The monoisotopic (exact) mass is 521 g/mol. The molecule has 0 bridgehead atoms. The van der Waals surface area contributed by atoms with Crippen molar-refractivity contribution >= 4 is 18.5 Å². The van der Waals surface area contributed by atoms with Crippen LogP contribution in [0.4, 0.5) is 4.39 Å². The Hall–Kier alpha value is -3.53. The van der Waals surface area contributed by atoms with Crippen LogP contribution < -0.4 is 5.32 Å². The summed E-state index contributed by atoms with van der Waals surface area (Å²) in [6, 6.07) is 14.5. The molecule has 0 spiro atoms. The smallest absolute Gasteiger partial charge is 0.272 e. The largest absolute Gasteiger partial charge is 0.347 e. The molecule has 2 aromatic heterocycles. The number of hydrogen-bond acceptors (Lipinski definition) is 6. The summed E-state index contributed by atoms with van der Waals surface area (Å²) in [4.78, 5) is 12.9. The van der Waals surface area contributed by atoms with Crippen LogP contribution in [0.25, 0.3) is 22.5 Å². The second-order valence-electron chi connectivity index (χ2n) is 9.51. The van der Waals surface area contributed by atoms with Crippen LogP contribution in [0.2, 0.25) is 0 Å². The number of carbonyl (C=O) groups excluding carboxylic acids is 1. The van der Waals surface area contributed by atoms with Gasteiger partial charge in [-0.3, -0.25) is 9.48 Å². The third kappa shape index (κ3) is 6.43. The Kier molecular flexibility index (Phi) is 8.70. The number of thiol groups is 1. The van der Waals surface area contributed by atoms with Gasteiger partial charge in [-0.05, 0) is 52.4 Å². The van der Waals surface area contributed by atoms with Crippen molar-refractivity contribution < 1.29 is 9.18 Å². The van der Waals surface area contributed by atoms with Crippen molar-refractivity contribution in [1.82, 2.24) is 35.7 Å². The predicted octanol–water partition coefficient (Wildman–Crippen LogP) is 4.94. The average molecular weight is 522 g/mol. The molecule has 4 rings (SSSR count). The number of aryl methyl sites for hydroxylation is 1. The molecule has 0 aliphatic heterocycles. The molecule has 0 saturated heterocycles. The van der Waals surface area contributed by atoms with Crippen molar-refractivity contribution in [3.63, 3.8) is 0 Å². The fourth-order valence-electron chi connectivity index (χ4n) is 4.39. The number of carbonyl (C=O) groups is 1. The molecular formula is C27H32FN7OS. The van der Waals surface area contributed by atoms with Crippen molar-refractivity contribution in [2.75, 3.05) is 5.75 Å². The van der Waals surface area contributed by atoms with Crippen LogP contribution in [0, 0.1) is 11.7 Å². The van der Waals surface area contributed by atoms with E-state index in [-0.39, 0.29) is 24.3 Å². The molecule has 0 unspecified atom stereocenters. The minimum Gasteiger partial charge on any atom is -0.347 e. The summed E-state index contributed by atoms with van der Waals surface area (Å²) < 4.78 is 17.1. The Balaban J connectivity index is 1.57. The number of halogens is 1. The van der Waals surface area contributed by atoms with Crippen LogP contribution in [0.1, 0.15) is 55.4 Å². The lowest BCUT2D eigenvalue weighted by atomic mass is 9.98. The molecule has 10 heteroatoms. The lowest BCUT2D eigenvalue weighted by molar-refractivity contribution is 0.0931. The molecular weight excluding hydrogens is 489 g/mol. The van der Waals surface area contributed by atoms with Crippen molar-refractivity contribution in [3.05, 3.63) is 71.3 Å². The van der Waals surface area contributed by atoms with E-state index in [9.17, 15) is 4.79 Å². The number of aromatic nitrogens is 6. The molecule has 0 aliphatic carbocycles. The van der Waals surface area contributed by atoms with E-state index in [0.29, 0.717) is 34.3 Å². The van der Waals surface area contributed by atoms with E-state index in [1.54, 1.807) is 16.8 Å². The maximum Gasteiger partial charge on any atom is 0.272 e. The molecule has 194 valence electrons. The Morgan fingerprint density at radius 3 is 2.59 bits per heavy atom. The first kappa shape index (κ1) is 26.5. The quantitative estimate of drug-likeness (QED) is 0.243. The number of benzene rings is 2. The fraction of sp³-hybridized carbons (Fsp3) is 0.370. The van der Waals surface area contributed by atoms with Crippen LogP contribution >= 0.6 is 12.6 Å². The van der Waals surface area contributed by atoms with E-state index in [1.165, 1.54) is 6.07 Å². The zero-order valence-electron chi connectivity index (χ0n) is 21.3. The summed E-state index contributed by atoms with van der Waals surface area (Å²) >= 11 is 4.38. The maximum absolute atomic E-state index is 15.3. The summed E-state index contributed by atoms with van der Waals surface area (Å²) in [6.45, 7) is 6.51. The molecule has 0 saturated carbocycles. The predicted molar refractivity (Wildman–Crippen MR) is 145 cm³/mol. The highest BCUT2D eigenvalue weighted by Gasteiger charge is 2.19. The van der Waals surface area contributed by atoms with Crippen LogP contribution in [0.15, 0.2) is 48.5 Å². The first-order chi connectivity index (χ1) is 17.9. The zero-order valence-corrected chi connectivity index (χ0v) is 22.2. The first-order valence-corrected chi connectivity index (χ1v) is 13.1. The third-order valence-corrected chi connectivity index (χ3v) is 6.57. The zero-order chi connectivity index (χ0) is 26.4. The number of nitrogens with zero attached hydrogens (tertiary/aromatic N) is 5. The van der Waals surface area contributed by atoms with Crippen LogP contribution in [-0.4, -0.2) is 48.1 Å². The van der Waals surface area contributed by atoms with E-state index in [4.69, 9.17) is 0 Å². The van der Waals surface area contributed by atoms with Gasteiger partial charge >= 0.3 is 0 Å². The Bertz CT molecular complexity index is 1340. The second-order valence-corrected chi connectivity index (χ2v) is 9.88. The van der Waals surface area contributed by atoms with Gasteiger partial charge < -0.3 is 5.32 Å². The van der Waals surface area contributed by atoms with E-state index in [2.05, 4.69) is 64.4 Å². The van der Waals surface area contributed by atoms with E-state index in [0.717, 1.165) is 36.1 Å². The van der Waals surface area contributed by atoms with Crippen molar-refractivity contribution in [1.29, 1.82) is 0 Å². The lowest BCUT2D eigenvalue weighted by Gasteiger charge is -2.17. The highest BCUT2D eigenvalue weighted by Crippen LogP contribution is 2.31. The van der Waals surface area contributed by atoms with Gasteiger partial charge in [-0.25, -0.2) is 9.49 Å². The molecule has 37 heavy (non-hydrogen) atoms. The van der Waals surface area contributed by atoms with Gasteiger partial charge in [0.1, 0.15) is 11.5 Å².